The number of rotatable bonds is 6. The Kier molecular flexibility index (Phi) is 5.75. The lowest BCUT2D eigenvalue weighted by atomic mass is 10.2. The Morgan fingerprint density at radius 3 is 2.58 bits per heavy atom. The van der Waals surface area contributed by atoms with E-state index in [0.717, 1.165) is 11.8 Å². The van der Waals surface area contributed by atoms with Crippen LogP contribution in [0.15, 0.2) is 29.2 Å². The molecule has 1 aromatic rings. The van der Waals surface area contributed by atoms with E-state index < -0.39 is 23.4 Å². The van der Waals surface area contributed by atoms with Crippen molar-refractivity contribution in [1.29, 1.82) is 0 Å². The molecule has 104 valence electrons. The molecule has 0 atom stereocenters. The van der Waals surface area contributed by atoms with Gasteiger partial charge in [0.25, 0.3) is 0 Å². The zero-order valence-electron chi connectivity index (χ0n) is 9.99. The normalized spacial score (nSPS) is 11.2. The second kappa shape index (κ2) is 6.86. The molecule has 1 aromatic carbocycles. The van der Waals surface area contributed by atoms with Gasteiger partial charge in [-0.1, -0.05) is 23.7 Å². The predicted octanol–water partition coefficient (Wildman–Crippen LogP) is 3.20. The van der Waals surface area contributed by atoms with Crippen LogP contribution in [0.3, 0.4) is 0 Å². The van der Waals surface area contributed by atoms with Crippen LogP contribution in [0.25, 0.3) is 0 Å². The first-order valence-electron chi connectivity index (χ1n) is 5.35. The van der Waals surface area contributed by atoms with Crippen LogP contribution in [0.4, 0.5) is 8.78 Å². The van der Waals surface area contributed by atoms with Crippen LogP contribution < -0.4 is 0 Å². The molecule has 0 aliphatic heterocycles. The summed E-state index contributed by atoms with van der Waals surface area (Å²) in [7, 11) is 0. The molecule has 0 N–H and O–H groups in total. The molecule has 0 bridgehead atoms. The second-order valence-corrected chi connectivity index (χ2v) is 4.86. The summed E-state index contributed by atoms with van der Waals surface area (Å²) >= 11 is 6.67. The van der Waals surface area contributed by atoms with Gasteiger partial charge in [0.15, 0.2) is 0 Å². The lowest BCUT2D eigenvalue weighted by Crippen LogP contribution is -2.40. The highest BCUT2D eigenvalue weighted by Crippen LogP contribution is 2.28. The van der Waals surface area contributed by atoms with E-state index in [0.29, 0.717) is 9.92 Å². The van der Waals surface area contributed by atoms with Gasteiger partial charge in [0.2, 0.25) is 5.78 Å². The Morgan fingerprint density at radius 1 is 1.37 bits per heavy atom. The van der Waals surface area contributed by atoms with Crippen molar-refractivity contribution in [3.8, 4) is 0 Å². The van der Waals surface area contributed by atoms with Gasteiger partial charge in [0.05, 0.1) is 17.4 Å². The largest absolute Gasteiger partial charge is 0.461 e. The molecule has 0 heterocycles. The molecule has 0 unspecified atom stereocenters. The molecule has 0 saturated carbocycles. The Labute approximate surface area is 118 Å². The van der Waals surface area contributed by atoms with Gasteiger partial charge in [0.1, 0.15) is 0 Å². The molecular weight excluding hydrogens is 298 g/mol. The topological polar surface area (TPSA) is 43.4 Å². The van der Waals surface area contributed by atoms with Gasteiger partial charge in [0, 0.05) is 4.90 Å². The van der Waals surface area contributed by atoms with Gasteiger partial charge in [-0.15, -0.1) is 11.8 Å². The number of thioether (sulfide) groups is 1. The summed E-state index contributed by atoms with van der Waals surface area (Å²) in [5, 5.41) is 0.361. The number of esters is 1. The number of halogens is 3. The van der Waals surface area contributed by atoms with Crippen LogP contribution in [0.1, 0.15) is 6.92 Å². The number of alkyl halides is 2. The van der Waals surface area contributed by atoms with Crippen LogP contribution >= 0.6 is 23.4 Å². The summed E-state index contributed by atoms with van der Waals surface area (Å²) in [5.41, 5.74) is 0. The molecule has 0 aliphatic carbocycles. The van der Waals surface area contributed by atoms with Crippen molar-refractivity contribution in [2.24, 2.45) is 0 Å². The fourth-order valence-electron chi connectivity index (χ4n) is 1.13. The SMILES string of the molecule is CCOC(=O)C(F)(F)C(=O)CSc1ccccc1Cl. The van der Waals surface area contributed by atoms with Crippen LogP contribution in [-0.4, -0.2) is 30.0 Å². The summed E-state index contributed by atoms with van der Waals surface area (Å²) in [5.74, 6) is -8.00. The lowest BCUT2D eigenvalue weighted by Gasteiger charge is -2.13. The quantitative estimate of drug-likeness (QED) is 0.460. The molecule has 7 heteroatoms. The molecule has 19 heavy (non-hydrogen) atoms. The van der Waals surface area contributed by atoms with Gasteiger partial charge < -0.3 is 4.74 Å². The molecule has 1 rings (SSSR count). The van der Waals surface area contributed by atoms with E-state index in [1.807, 2.05) is 0 Å². The van der Waals surface area contributed by atoms with Crippen LogP contribution in [-0.2, 0) is 14.3 Å². The first-order chi connectivity index (χ1) is 8.89. The van der Waals surface area contributed by atoms with Crippen molar-refractivity contribution in [2.75, 3.05) is 12.4 Å². The van der Waals surface area contributed by atoms with Gasteiger partial charge in [-0.25, -0.2) is 4.79 Å². The van der Waals surface area contributed by atoms with Crippen molar-refractivity contribution < 1.29 is 23.1 Å². The fourth-order valence-corrected chi connectivity index (χ4v) is 2.28. The first-order valence-corrected chi connectivity index (χ1v) is 6.71. The number of hydrogen-bond donors (Lipinski definition) is 0. The summed E-state index contributed by atoms with van der Waals surface area (Å²) in [6, 6.07) is 6.53. The number of ketones is 1. The highest BCUT2D eigenvalue weighted by Gasteiger charge is 2.48. The summed E-state index contributed by atoms with van der Waals surface area (Å²) < 4.78 is 30.8. The van der Waals surface area contributed by atoms with Gasteiger partial charge in [-0.05, 0) is 19.1 Å². The molecule has 0 aromatic heterocycles. The highest BCUT2D eigenvalue weighted by atomic mass is 35.5. The molecule has 3 nitrogen and oxygen atoms in total. The van der Waals surface area contributed by atoms with E-state index in [-0.39, 0.29) is 6.61 Å². The molecular formula is C12H11ClF2O3S. The van der Waals surface area contributed by atoms with Crippen molar-refractivity contribution in [3.05, 3.63) is 29.3 Å². The standard InChI is InChI=1S/C12H11ClF2O3S/c1-2-18-11(17)12(14,15)10(16)7-19-9-6-4-3-5-8(9)13/h3-6H,2,7H2,1H3. The number of benzene rings is 1. The Morgan fingerprint density at radius 2 is 2.00 bits per heavy atom. The third kappa shape index (κ3) is 4.18. The lowest BCUT2D eigenvalue weighted by molar-refractivity contribution is -0.175. The van der Waals surface area contributed by atoms with Gasteiger partial charge in [-0.3, -0.25) is 4.79 Å². The molecule has 0 aliphatic rings. The summed E-state index contributed by atoms with van der Waals surface area (Å²) in [6.45, 7) is 1.18. The predicted molar refractivity (Wildman–Crippen MR) is 68.8 cm³/mol. The Balaban J connectivity index is 2.65. The number of ether oxygens (including phenoxy) is 1. The Hall–Kier alpha value is -1.14. The van der Waals surface area contributed by atoms with Crippen LogP contribution in [0, 0.1) is 0 Å². The molecule has 0 spiro atoms. The molecule has 0 fully saturated rings. The summed E-state index contributed by atoms with van der Waals surface area (Å²) in [6.07, 6.45) is 0. The minimum atomic E-state index is -4.12. The maximum atomic E-state index is 13.3. The number of Topliss-reactive ketones (excluding diaryl/α,β-unsaturated/α-hetero) is 1. The number of carbonyl (C=O) groups excluding carboxylic acids is 2. The highest BCUT2D eigenvalue weighted by molar-refractivity contribution is 8.00. The van der Waals surface area contributed by atoms with Crippen molar-refractivity contribution >= 4 is 35.1 Å². The maximum Gasteiger partial charge on any atom is 0.400 e. The molecule has 0 radical (unpaired) electrons. The smallest absolute Gasteiger partial charge is 0.400 e. The van der Waals surface area contributed by atoms with Crippen LogP contribution in [0.2, 0.25) is 5.02 Å². The van der Waals surface area contributed by atoms with Crippen molar-refractivity contribution in [3.63, 3.8) is 0 Å². The first kappa shape index (κ1) is 15.9. The minimum absolute atomic E-state index is 0.209. The zero-order chi connectivity index (χ0) is 14.5. The van der Waals surface area contributed by atoms with Crippen molar-refractivity contribution in [1.82, 2.24) is 0 Å². The van der Waals surface area contributed by atoms with E-state index in [1.54, 1.807) is 24.3 Å². The number of carbonyl (C=O) groups is 2. The van der Waals surface area contributed by atoms with Crippen LogP contribution in [0.5, 0.6) is 0 Å². The average Bonchev–Trinajstić information content (AvgIpc) is 2.37. The van der Waals surface area contributed by atoms with E-state index in [1.165, 1.54) is 6.92 Å². The summed E-state index contributed by atoms with van der Waals surface area (Å²) in [4.78, 5) is 22.8. The molecule has 0 amide bonds. The van der Waals surface area contributed by atoms with E-state index in [9.17, 15) is 18.4 Å². The van der Waals surface area contributed by atoms with Gasteiger partial charge in [-0.2, -0.15) is 8.78 Å². The van der Waals surface area contributed by atoms with Crippen molar-refractivity contribution in [2.45, 2.75) is 17.7 Å². The van der Waals surface area contributed by atoms with E-state index in [4.69, 9.17) is 11.6 Å². The second-order valence-electron chi connectivity index (χ2n) is 3.44. The number of hydrogen-bond acceptors (Lipinski definition) is 4. The zero-order valence-corrected chi connectivity index (χ0v) is 11.6. The maximum absolute atomic E-state index is 13.3. The Bertz CT molecular complexity index is 480. The van der Waals surface area contributed by atoms with E-state index in [2.05, 4.69) is 4.74 Å². The fraction of sp³-hybridized carbons (Fsp3) is 0.333. The van der Waals surface area contributed by atoms with E-state index >= 15 is 0 Å². The third-order valence-corrected chi connectivity index (χ3v) is 3.59. The minimum Gasteiger partial charge on any atom is -0.461 e. The van der Waals surface area contributed by atoms with Gasteiger partial charge >= 0.3 is 11.9 Å². The monoisotopic (exact) mass is 308 g/mol. The average molecular weight is 309 g/mol. The third-order valence-electron chi connectivity index (χ3n) is 2.08. The molecule has 0 saturated heterocycles.